The Hall–Kier alpha value is -0.110. The van der Waals surface area contributed by atoms with Gasteiger partial charge in [-0.3, -0.25) is 0 Å². The molecule has 20 heavy (non-hydrogen) atoms. The van der Waals surface area contributed by atoms with E-state index in [1.165, 1.54) is 38.5 Å². The van der Waals surface area contributed by atoms with Crippen LogP contribution in [0.5, 0.6) is 0 Å². The van der Waals surface area contributed by atoms with Crippen molar-refractivity contribution in [2.45, 2.75) is 93.9 Å². The second kappa shape index (κ2) is 21.2. The molecule has 1 nitrogen and oxygen atoms in total. The van der Waals surface area contributed by atoms with Crippen LogP contribution in [0, 0.1) is 5.92 Å². The second-order valence-corrected chi connectivity index (χ2v) is 5.61. The number of hydrogen-bond acceptors (Lipinski definition) is 1. The van der Waals surface area contributed by atoms with Crippen molar-refractivity contribution in [3.8, 4) is 0 Å². The lowest BCUT2D eigenvalue weighted by atomic mass is 10.2. The number of nitrogens with zero attached hydrogens (tertiary/aromatic N) is 1. The van der Waals surface area contributed by atoms with Crippen LogP contribution < -0.4 is 0 Å². The summed E-state index contributed by atoms with van der Waals surface area (Å²) in [6.07, 6.45) is 7.91. The van der Waals surface area contributed by atoms with Crippen molar-refractivity contribution in [1.82, 2.24) is 4.90 Å². The zero-order valence-corrected chi connectivity index (χ0v) is 16.4. The van der Waals surface area contributed by atoms with Crippen LogP contribution in [0.3, 0.4) is 0 Å². The summed E-state index contributed by atoms with van der Waals surface area (Å²) in [7, 11) is 0. The average molecular weight is 304 g/mol. The van der Waals surface area contributed by atoms with Gasteiger partial charge in [0, 0.05) is 19.0 Å². The summed E-state index contributed by atoms with van der Waals surface area (Å²) in [5.41, 5.74) is 0. The highest BCUT2D eigenvalue weighted by Gasteiger charge is 2.10. The maximum absolute atomic E-state index is 5.36. The minimum absolute atomic E-state index is 0.512. The fourth-order valence-corrected chi connectivity index (χ4v) is 1.92. The number of hydrogen-bond donors (Lipinski definition) is 0. The fourth-order valence-electron chi connectivity index (χ4n) is 1.74. The summed E-state index contributed by atoms with van der Waals surface area (Å²) in [4.78, 5) is 3.46. The van der Waals surface area contributed by atoms with Crippen LogP contribution in [-0.2, 0) is 0 Å². The van der Waals surface area contributed by atoms with Crippen LogP contribution >= 0.6 is 12.2 Å². The molecule has 0 aromatic carbocycles. The molecule has 0 rings (SSSR count). The standard InChI is InChI=1S/C10H21NS.C6H14.C2H6/c1-5-7-11(8-6-2)10(12)9(3)4;1-3-5-6-4-2;1-2/h9H,5-8H2,1-4H3;3-6H2,1-2H3;1-2H3. The van der Waals surface area contributed by atoms with Gasteiger partial charge in [-0.15, -0.1) is 0 Å². The first-order valence-electron chi connectivity index (χ1n) is 8.83. The lowest BCUT2D eigenvalue weighted by Crippen LogP contribution is -2.34. The Balaban J connectivity index is -0.000000304. The SMILES string of the molecule is CC.CCCCCC.CCCN(CCC)C(=S)C(C)C. The molecule has 0 aliphatic carbocycles. The topological polar surface area (TPSA) is 3.24 Å². The third-order valence-corrected chi connectivity index (χ3v) is 3.48. The van der Waals surface area contributed by atoms with Gasteiger partial charge in [-0.1, -0.05) is 93.3 Å². The van der Waals surface area contributed by atoms with Gasteiger partial charge >= 0.3 is 0 Å². The van der Waals surface area contributed by atoms with Gasteiger partial charge in [0.2, 0.25) is 0 Å². The number of thiocarbonyl (C=S) groups is 1. The van der Waals surface area contributed by atoms with Crippen molar-refractivity contribution in [2.24, 2.45) is 5.92 Å². The Bertz CT molecular complexity index is 168. The van der Waals surface area contributed by atoms with Crippen molar-refractivity contribution in [3.05, 3.63) is 0 Å². The average Bonchev–Trinajstić information content (AvgIpc) is 2.46. The molecule has 2 heteroatoms. The van der Waals surface area contributed by atoms with Crippen molar-refractivity contribution in [2.75, 3.05) is 13.1 Å². The normalized spacial score (nSPS) is 9.25. The highest BCUT2D eigenvalue weighted by atomic mass is 32.1. The second-order valence-electron chi connectivity index (χ2n) is 5.19. The first-order valence-corrected chi connectivity index (χ1v) is 9.24. The molecule has 0 saturated heterocycles. The van der Waals surface area contributed by atoms with Crippen LogP contribution in [0.4, 0.5) is 0 Å². The molecule has 0 aliphatic rings. The van der Waals surface area contributed by atoms with E-state index in [1.807, 2.05) is 13.8 Å². The monoisotopic (exact) mass is 303 g/mol. The van der Waals surface area contributed by atoms with E-state index >= 15 is 0 Å². The van der Waals surface area contributed by atoms with E-state index in [2.05, 4.69) is 46.4 Å². The van der Waals surface area contributed by atoms with Crippen LogP contribution in [0.1, 0.15) is 93.9 Å². The van der Waals surface area contributed by atoms with E-state index in [-0.39, 0.29) is 0 Å². The van der Waals surface area contributed by atoms with Crippen LogP contribution in [0.25, 0.3) is 0 Å². The summed E-state index contributed by atoms with van der Waals surface area (Å²) in [5, 5.41) is 0. The van der Waals surface area contributed by atoms with Gasteiger partial charge in [-0.25, -0.2) is 0 Å². The van der Waals surface area contributed by atoms with Gasteiger partial charge in [0.1, 0.15) is 0 Å². The van der Waals surface area contributed by atoms with Crippen molar-refractivity contribution in [1.29, 1.82) is 0 Å². The Labute approximate surface area is 135 Å². The molecule has 0 aromatic rings. The number of rotatable bonds is 8. The summed E-state index contributed by atoms with van der Waals surface area (Å²) >= 11 is 5.36. The van der Waals surface area contributed by atoms with Gasteiger partial charge < -0.3 is 4.90 Å². The molecule has 0 saturated carbocycles. The predicted octanol–water partition coefficient (Wildman–Crippen LogP) is 6.70. The maximum Gasteiger partial charge on any atom is 0.0805 e. The van der Waals surface area contributed by atoms with Crippen molar-refractivity contribution in [3.63, 3.8) is 0 Å². The van der Waals surface area contributed by atoms with E-state index in [9.17, 15) is 0 Å². The Morgan fingerprint density at radius 1 is 0.800 bits per heavy atom. The summed E-state index contributed by atoms with van der Waals surface area (Å²) in [6, 6.07) is 0. The molecule has 0 atom stereocenters. The molecule has 0 amide bonds. The van der Waals surface area contributed by atoms with Gasteiger partial charge in [0.05, 0.1) is 4.99 Å². The predicted molar refractivity (Wildman–Crippen MR) is 101 cm³/mol. The third-order valence-electron chi connectivity index (χ3n) is 2.75. The molecular weight excluding hydrogens is 262 g/mol. The lowest BCUT2D eigenvalue weighted by Gasteiger charge is -2.26. The highest BCUT2D eigenvalue weighted by Crippen LogP contribution is 2.05. The minimum atomic E-state index is 0.512. The molecule has 0 aliphatic heterocycles. The molecule has 0 N–H and O–H groups in total. The molecule has 0 aromatic heterocycles. The van der Waals surface area contributed by atoms with E-state index in [0.717, 1.165) is 18.1 Å². The fraction of sp³-hybridized carbons (Fsp3) is 0.944. The van der Waals surface area contributed by atoms with E-state index in [4.69, 9.17) is 12.2 Å². The highest BCUT2D eigenvalue weighted by molar-refractivity contribution is 7.80. The first kappa shape index (κ1) is 24.9. The minimum Gasteiger partial charge on any atom is -0.366 e. The van der Waals surface area contributed by atoms with Crippen molar-refractivity contribution < 1.29 is 0 Å². The van der Waals surface area contributed by atoms with Gasteiger partial charge in [-0.05, 0) is 12.8 Å². The molecule has 0 spiro atoms. The molecule has 0 fully saturated rings. The van der Waals surface area contributed by atoms with E-state index in [0.29, 0.717) is 5.92 Å². The maximum atomic E-state index is 5.36. The summed E-state index contributed by atoms with van der Waals surface area (Å²) in [6.45, 7) is 19.4. The molecular formula is C18H41NS. The molecule has 0 heterocycles. The molecule has 0 bridgehead atoms. The summed E-state index contributed by atoms with van der Waals surface area (Å²) < 4.78 is 0. The van der Waals surface area contributed by atoms with Gasteiger partial charge in [-0.2, -0.15) is 0 Å². The van der Waals surface area contributed by atoms with Crippen LogP contribution in [-0.4, -0.2) is 23.0 Å². The van der Waals surface area contributed by atoms with Crippen molar-refractivity contribution >= 4 is 17.2 Å². The quantitative estimate of drug-likeness (QED) is 0.362. The van der Waals surface area contributed by atoms with Crippen LogP contribution in [0.15, 0.2) is 0 Å². The largest absolute Gasteiger partial charge is 0.366 e. The lowest BCUT2D eigenvalue weighted by molar-refractivity contribution is 0.406. The van der Waals surface area contributed by atoms with Crippen LogP contribution in [0.2, 0.25) is 0 Å². The van der Waals surface area contributed by atoms with E-state index in [1.54, 1.807) is 0 Å². The van der Waals surface area contributed by atoms with E-state index < -0.39 is 0 Å². The zero-order valence-electron chi connectivity index (χ0n) is 15.6. The first-order chi connectivity index (χ1) is 9.54. The molecule has 0 radical (unpaired) electrons. The summed E-state index contributed by atoms with van der Waals surface area (Å²) in [5.74, 6) is 0.512. The smallest absolute Gasteiger partial charge is 0.0805 e. The third kappa shape index (κ3) is 17.9. The van der Waals surface area contributed by atoms with Gasteiger partial charge in [0.15, 0.2) is 0 Å². The Kier molecular flexibility index (Phi) is 26.4. The molecule has 124 valence electrons. The Morgan fingerprint density at radius 2 is 1.15 bits per heavy atom. The van der Waals surface area contributed by atoms with Gasteiger partial charge in [0.25, 0.3) is 0 Å². The number of unbranched alkanes of at least 4 members (excludes halogenated alkanes) is 3. The molecule has 0 unspecified atom stereocenters. The zero-order chi connectivity index (χ0) is 16.4. The Morgan fingerprint density at radius 3 is 1.35 bits per heavy atom.